The second-order valence-electron chi connectivity index (χ2n) is 4.79. The van der Waals surface area contributed by atoms with Crippen molar-refractivity contribution in [2.75, 3.05) is 0 Å². The molecule has 0 bridgehead atoms. The molecule has 0 aliphatic rings. The van der Waals surface area contributed by atoms with Crippen LogP contribution >= 0.6 is 23.4 Å². The third-order valence-electron chi connectivity index (χ3n) is 3.11. The van der Waals surface area contributed by atoms with Gasteiger partial charge in [-0.15, -0.1) is 0 Å². The fourth-order valence-corrected chi connectivity index (χ4v) is 2.98. The number of aromatic nitrogens is 3. The van der Waals surface area contributed by atoms with Crippen molar-refractivity contribution < 1.29 is 0 Å². The number of aryl methyl sites for hydroxylation is 2. The van der Waals surface area contributed by atoms with Crippen LogP contribution in [-0.2, 0) is 7.05 Å². The van der Waals surface area contributed by atoms with E-state index in [9.17, 15) is 0 Å². The van der Waals surface area contributed by atoms with Gasteiger partial charge in [0.05, 0.1) is 11.3 Å². The molecule has 0 aliphatic carbocycles. The second kappa shape index (κ2) is 5.92. The van der Waals surface area contributed by atoms with Gasteiger partial charge in [-0.25, -0.2) is 9.97 Å². The Balaban J connectivity index is 1.97. The summed E-state index contributed by atoms with van der Waals surface area (Å²) in [5.74, 6) is 0. The molecule has 0 aliphatic heterocycles. The van der Waals surface area contributed by atoms with Crippen molar-refractivity contribution in [2.45, 2.75) is 17.0 Å². The van der Waals surface area contributed by atoms with Crippen molar-refractivity contribution >= 4 is 23.4 Å². The van der Waals surface area contributed by atoms with Crippen LogP contribution in [0.5, 0.6) is 0 Å². The van der Waals surface area contributed by atoms with E-state index in [1.165, 1.54) is 5.56 Å². The molecule has 0 unspecified atom stereocenters. The standard InChI is InChI=1S/C16H14ClN3S/c1-11-3-5-12(6-4-11)15-16(20(2)10-19-15)21-14-8-7-13(17)9-18-14/h3-10H,1-2H3. The van der Waals surface area contributed by atoms with Crippen LogP contribution in [0, 0.1) is 6.92 Å². The first-order valence-corrected chi connectivity index (χ1v) is 7.71. The normalized spacial score (nSPS) is 10.8. The van der Waals surface area contributed by atoms with E-state index in [4.69, 9.17) is 11.6 Å². The smallest absolute Gasteiger partial charge is 0.109 e. The fourth-order valence-electron chi connectivity index (χ4n) is 1.97. The first-order valence-electron chi connectivity index (χ1n) is 6.51. The van der Waals surface area contributed by atoms with E-state index in [2.05, 4.69) is 41.2 Å². The molecule has 21 heavy (non-hydrogen) atoms. The van der Waals surface area contributed by atoms with Gasteiger partial charge in [-0.1, -0.05) is 41.4 Å². The molecule has 0 radical (unpaired) electrons. The molecule has 3 rings (SSSR count). The van der Waals surface area contributed by atoms with Gasteiger partial charge in [0.2, 0.25) is 0 Å². The van der Waals surface area contributed by atoms with Crippen molar-refractivity contribution in [1.29, 1.82) is 0 Å². The lowest BCUT2D eigenvalue weighted by atomic mass is 10.1. The van der Waals surface area contributed by atoms with Crippen LogP contribution in [0.25, 0.3) is 11.3 Å². The SMILES string of the molecule is Cc1ccc(-c2ncn(C)c2Sc2ccc(Cl)cn2)cc1. The van der Waals surface area contributed by atoms with Crippen LogP contribution in [0.15, 0.2) is 59.0 Å². The summed E-state index contributed by atoms with van der Waals surface area (Å²) in [5.41, 5.74) is 3.32. The van der Waals surface area contributed by atoms with Gasteiger partial charge in [-0.05, 0) is 30.8 Å². The number of hydrogen-bond acceptors (Lipinski definition) is 3. The van der Waals surface area contributed by atoms with Gasteiger partial charge in [-0.3, -0.25) is 0 Å². The molecular formula is C16H14ClN3S. The van der Waals surface area contributed by atoms with Crippen LogP contribution in [0.3, 0.4) is 0 Å². The Morgan fingerprint density at radius 2 is 1.81 bits per heavy atom. The van der Waals surface area contributed by atoms with Crippen LogP contribution in [0.4, 0.5) is 0 Å². The molecule has 0 spiro atoms. The van der Waals surface area contributed by atoms with Gasteiger partial charge >= 0.3 is 0 Å². The van der Waals surface area contributed by atoms with Crippen LogP contribution in [0.2, 0.25) is 5.02 Å². The Morgan fingerprint density at radius 1 is 1.05 bits per heavy atom. The Bertz CT molecular complexity index is 748. The van der Waals surface area contributed by atoms with Gasteiger partial charge in [-0.2, -0.15) is 0 Å². The molecule has 3 aromatic rings. The molecule has 106 valence electrons. The van der Waals surface area contributed by atoms with Crippen LogP contribution < -0.4 is 0 Å². The van der Waals surface area contributed by atoms with Crippen molar-refractivity contribution in [3.63, 3.8) is 0 Å². The van der Waals surface area contributed by atoms with Gasteiger partial charge in [0, 0.05) is 18.8 Å². The number of halogens is 1. The van der Waals surface area contributed by atoms with Crippen molar-refractivity contribution in [3.8, 4) is 11.3 Å². The van der Waals surface area contributed by atoms with E-state index in [0.29, 0.717) is 5.02 Å². The fraction of sp³-hybridized carbons (Fsp3) is 0.125. The zero-order chi connectivity index (χ0) is 14.8. The highest BCUT2D eigenvalue weighted by Gasteiger charge is 2.13. The molecule has 0 saturated carbocycles. The molecule has 0 amide bonds. The third-order valence-corrected chi connectivity index (χ3v) is 4.46. The summed E-state index contributed by atoms with van der Waals surface area (Å²) < 4.78 is 2.01. The highest BCUT2D eigenvalue weighted by atomic mass is 35.5. The lowest BCUT2D eigenvalue weighted by molar-refractivity contribution is 0.824. The highest BCUT2D eigenvalue weighted by molar-refractivity contribution is 7.99. The molecule has 0 atom stereocenters. The highest BCUT2D eigenvalue weighted by Crippen LogP contribution is 2.34. The lowest BCUT2D eigenvalue weighted by Gasteiger charge is -2.06. The first-order chi connectivity index (χ1) is 10.1. The summed E-state index contributed by atoms with van der Waals surface area (Å²) in [7, 11) is 1.99. The van der Waals surface area contributed by atoms with Gasteiger partial charge in [0.1, 0.15) is 15.7 Å². The quantitative estimate of drug-likeness (QED) is 0.708. The minimum absolute atomic E-state index is 0.642. The number of benzene rings is 1. The van der Waals surface area contributed by atoms with Gasteiger partial charge < -0.3 is 4.57 Å². The second-order valence-corrected chi connectivity index (χ2v) is 6.24. The molecule has 3 nitrogen and oxygen atoms in total. The van der Waals surface area contributed by atoms with E-state index in [-0.39, 0.29) is 0 Å². The van der Waals surface area contributed by atoms with Crippen molar-refractivity contribution in [3.05, 3.63) is 59.5 Å². The monoisotopic (exact) mass is 315 g/mol. The Hall–Kier alpha value is -1.78. The van der Waals surface area contributed by atoms with E-state index in [1.54, 1.807) is 18.0 Å². The summed E-state index contributed by atoms with van der Waals surface area (Å²) in [6.07, 6.45) is 3.49. The van der Waals surface area contributed by atoms with E-state index >= 15 is 0 Å². The molecular weight excluding hydrogens is 302 g/mol. The lowest BCUT2D eigenvalue weighted by Crippen LogP contribution is -1.90. The van der Waals surface area contributed by atoms with E-state index in [1.807, 2.05) is 30.1 Å². The van der Waals surface area contributed by atoms with E-state index < -0.39 is 0 Å². The molecule has 1 aromatic carbocycles. The average molecular weight is 316 g/mol. The molecule has 0 fully saturated rings. The molecule has 2 aromatic heterocycles. The maximum Gasteiger partial charge on any atom is 0.109 e. The largest absolute Gasteiger partial charge is 0.328 e. The summed E-state index contributed by atoms with van der Waals surface area (Å²) in [5, 5.41) is 2.60. The summed E-state index contributed by atoms with van der Waals surface area (Å²) in [4.78, 5) is 8.85. The number of imidazole rings is 1. The number of hydrogen-bond donors (Lipinski definition) is 0. The predicted molar refractivity (Wildman–Crippen MR) is 86.8 cm³/mol. The van der Waals surface area contributed by atoms with Crippen molar-refractivity contribution in [1.82, 2.24) is 14.5 Å². The van der Waals surface area contributed by atoms with Gasteiger partial charge in [0.25, 0.3) is 0 Å². The molecule has 0 N–H and O–H groups in total. The minimum atomic E-state index is 0.642. The Kier molecular flexibility index (Phi) is 3.99. The van der Waals surface area contributed by atoms with Crippen LogP contribution in [0.1, 0.15) is 5.56 Å². The number of pyridine rings is 1. The van der Waals surface area contributed by atoms with Crippen LogP contribution in [-0.4, -0.2) is 14.5 Å². The molecule has 2 heterocycles. The van der Waals surface area contributed by atoms with Crippen molar-refractivity contribution in [2.24, 2.45) is 7.05 Å². The topological polar surface area (TPSA) is 30.7 Å². The predicted octanol–water partition coefficient (Wildman–Crippen LogP) is 4.60. The first kappa shape index (κ1) is 14.2. The Morgan fingerprint density at radius 3 is 2.48 bits per heavy atom. The Labute approximate surface area is 133 Å². The minimum Gasteiger partial charge on any atom is -0.328 e. The number of nitrogens with zero attached hydrogens (tertiary/aromatic N) is 3. The molecule has 5 heteroatoms. The van der Waals surface area contributed by atoms with Gasteiger partial charge in [0.15, 0.2) is 0 Å². The maximum atomic E-state index is 5.88. The zero-order valence-electron chi connectivity index (χ0n) is 11.7. The maximum absolute atomic E-state index is 5.88. The third kappa shape index (κ3) is 3.12. The number of rotatable bonds is 3. The molecule has 0 saturated heterocycles. The summed E-state index contributed by atoms with van der Waals surface area (Å²) >= 11 is 7.46. The summed E-state index contributed by atoms with van der Waals surface area (Å²) in [6, 6.07) is 12.1. The zero-order valence-corrected chi connectivity index (χ0v) is 13.3. The van der Waals surface area contributed by atoms with E-state index in [0.717, 1.165) is 21.3 Å². The summed E-state index contributed by atoms with van der Waals surface area (Å²) in [6.45, 7) is 2.08. The average Bonchev–Trinajstić information content (AvgIpc) is 2.84.